The first-order valence-corrected chi connectivity index (χ1v) is 10.9. The fourth-order valence-corrected chi connectivity index (χ4v) is 3.76. The highest BCUT2D eigenvalue weighted by Crippen LogP contribution is 2.22. The van der Waals surface area contributed by atoms with E-state index in [1.807, 2.05) is 26.0 Å². The first kappa shape index (κ1) is 21.0. The van der Waals surface area contributed by atoms with Gasteiger partial charge in [-0.25, -0.2) is 0 Å². The van der Waals surface area contributed by atoms with Crippen molar-refractivity contribution in [2.24, 2.45) is 4.99 Å². The van der Waals surface area contributed by atoms with Crippen LogP contribution in [-0.4, -0.2) is 45.2 Å². The average molecular weight is 412 g/mol. The molecule has 0 amide bonds. The Morgan fingerprint density at radius 1 is 0.926 bits per heavy atom. The van der Waals surface area contributed by atoms with E-state index in [1.165, 1.54) is 6.21 Å². The minimum Gasteiger partial charge on any atom is -0.372 e. The topological polar surface area (TPSA) is 124 Å². The summed E-state index contributed by atoms with van der Waals surface area (Å²) in [5.74, 6) is 0. The van der Waals surface area contributed by atoms with Crippen LogP contribution in [0.2, 0.25) is 0 Å². The Bertz CT molecular complexity index is 1040. The van der Waals surface area contributed by atoms with E-state index in [2.05, 4.69) is 9.89 Å². The van der Waals surface area contributed by atoms with Crippen molar-refractivity contribution in [3.63, 3.8) is 0 Å². The first-order valence-electron chi connectivity index (χ1n) is 8.04. The Morgan fingerprint density at radius 2 is 1.52 bits per heavy atom. The summed E-state index contributed by atoms with van der Waals surface area (Å²) >= 11 is 0. The van der Waals surface area contributed by atoms with Gasteiger partial charge in [-0.1, -0.05) is 6.07 Å². The molecular weight excluding hydrogens is 392 g/mol. The van der Waals surface area contributed by atoms with Gasteiger partial charge in [0, 0.05) is 30.6 Å². The van der Waals surface area contributed by atoms with E-state index < -0.39 is 30.0 Å². The Balaban J connectivity index is 2.39. The maximum atomic E-state index is 11.5. The molecule has 2 rings (SSSR count). The number of aliphatic imine (C=N–C) groups is 1. The molecule has 0 unspecified atom stereocenters. The Morgan fingerprint density at radius 3 is 2.00 bits per heavy atom. The monoisotopic (exact) mass is 412 g/mol. The molecule has 0 saturated heterocycles. The molecule has 0 spiro atoms. The number of hydrogen-bond donors (Lipinski definition) is 2. The fraction of sp³-hybridized carbons (Fsp3) is 0.235. The third kappa shape index (κ3) is 5.36. The lowest BCUT2D eigenvalue weighted by molar-refractivity contribution is 0.481. The quantitative estimate of drug-likeness (QED) is 0.529. The summed E-state index contributed by atoms with van der Waals surface area (Å²) in [5.41, 5.74) is 1.55. The van der Waals surface area contributed by atoms with Crippen molar-refractivity contribution in [2.75, 3.05) is 18.0 Å². The highest BCUT2D eigenvalue weighted by atomic mass is 32.2. The lowest BCUT2D eigenvalue weighted by Gasteiger charge is -2.20. The molecule has 2 N–H and O–H groups in total. The highest BCUT2D eigenvalue weighted by molar-refractivity contribution is 7.86. The molecule has 0 radical (unpaired) electrons. The molecule has 2 aromatic rings. The van der Waals surface area contributed by atoms with Crippen molar-refractivity contribution >= 4 is 37.8 Å². The molecule has 0 fully saturated rings. The standard InChI is InChI=1S/C17H20N2O6S2/c1-3-19(4-2)15-8-6-14(7-9-15)18-12-13-5-10-16(26(20,21)22)11-17(13)27(23,24)25/h5-12H,3-4H2,1-2H3,(H,20,21,22)(H,23,24,25). The van der Waals surface area contributed by atoms with E-state index in [-0.39, 0.29) is 5.56 Å². The van der Waals surface area contributed by atoms with Crippen LogP contribution in [0.25, 0.3) is 0 Å². The van der Waals surface area contributed by atoms with E-state index in [0.717, 1.165) is 30.9 Å². The number of hydrogen-bond acceptors (Lipinski definition) is 6. The molecule has 10 heteroatoms. The van der Waals surface area contributed by atoms with Crippen LogP contribution in [0, 0.1) is 0 Å². The third-order valence-corrected chi connectivity index (χ3v) is 5.65. The van der Waals surface area contributed by atoms with Crippen LogP contribution in [-0.2, 0) is 20.2 Å². The lowest BCUT2D eigenvalue weighted by atomic mass is 10.2. The summed E-state index contributed by atoms with van der Waals surface area (Å²) in [6, 6.07) is 10.1. The number of nitrogens with zero attached hydrogens (tertiary/aromatic N) is 2. The minimum absolute atomic E-state index is 0.0160. The van der Waals surface area contributed by atoms with Crippen LogP contribution in [0.5, 0.6) is 0 Å². The van der Waals surface area contributed by atoms with Crippen LogP contribution in [0.15, 0.2) is 57.2 Å². The Kier molecular flexibility index (Phi) is 6.37. The number of rotatable bonds is 7. The van der Waals surface area contributed by atoms with E-state index >= 15 is 0 Å². The summed E-state index contributed by atoms with van der Waals surface area (Å²) in [4.78, 5) is 5.01. The van der Waals surface area contributed by atoms with Gasteiger partial charge in [-0.05, 0) is 50.2 Å². The summed E-state index contributed by atoms with van der Waals surface area (Å²) in [6.45, 7) is 5.80. The minimum atomic E-state index is -4.72. The van der Waals surface area contributed by atoms with Gasteiger partial charge in [-0.2, -0.15) is 16.8 Å². The lowest BCUT2D eigenvalue weighted by Crippen LogP contribution is -2.21. The summed E-state index contributed by atoms with van der Waals surface area (Å²) < 4.78 is 63.8. The Hall–Kier alpha value is -2.27. The molecule has 146 valence electrons. The van der Waals surface area contributed by atoms with Crippen LogP contribution >= 0.6 is 0 Å². The molecule has 0 heterocycles. The van der Waals surface area contributed by atoms with Crippen LogP contribution < -0.4 is 4.90 Å². The maximum Gasteiger partial charge on any atom is 0.295 e. The van der Waals surface area contributed by atoms with Crippen molar-refractivity contribution in [2.45, 2.75) is 23.6 Å². The zero-order valence-electron chi connectivity index (χ0n) is 14.8. The SMILES string of the molecule is CCN(CC)c1ccc(N=Cc2ccc(S(=O)(=O)O)cc2S(=O)(=O)O)cc1. The van der Waals surface area contributed by atoms with Crippen LogP contribution in [0.3, 0.4) is 0 Å². The van der Waals surface area contributed by atoms with E-state index in [1.54, 1.807) is 12.1 Å². The smallest absolute Gasteiger partial charge is 0.295 e. The van der Waals surface area contributed by atoms with Crippen molar-refractivity contribution < 1.29 is 25.9 Å². The molecule has 2 aromatic carbocycles. The fourth-order valence-electron chi connectivity index (χ4n) is 2.49. The van der Waals surface area contributed by atoms with Crippen molar-refractivity contribution in [1.82, 2.24) is 0 Å². The molecular formula is C17H20N2O6S2. The molecule has 27 heavy (non-hydrogen) atoms. The van der Waals surface area contributed by atoms with Crippen molar-refractivity contribution in [1.29, 1.82) is 0 Å². The number of benzene rings is 2. The second-order valence-electron chi connectivity index (χ2n) is 5.60. The molecule has 8 nitrogen and oxygen atoms in total. The predicted molar refractivity (Wildman–Crippen MR) is 103 cm³/mol. The van der Waals surface area contributed by atoms with Gasteiger partial charge >= 0.3 is 0 Å². The van der Waals surface area contributed by atoms with Crippen molar-refractivity contribution in [3.05, 3.63) is 48.0 Å². The summed E-state index contributed by atoms with van der Waals surface area (Å²) in [7, 11) is -9.33. The zero-order valence-corrected chi connectivity index (χ0v) is 16.4. The van der Waals surface area contributed by atoms with Gasteiger partial charge < -0.3 is 4.90 Å². The second-order valence-corrected chi connectivity index (χ2v) is 8.41. The van der Waals surface area contributed by atoms with Gasteiger partial charge in [0.1, 0.15) is 4.90 Å². The molecule has 0 aliphatic carbocycles. The molecule has 0 aromatic heterocycles. The molecule has 0 saturated carbocycles. The third-order valence-electron chi connectivity index (χ3n) is 3.89. The summed E-state index contributed by atoms with van der Waals surface area (Å²) in [5, 5.41) is 0. The number of anilines is 1. The van der Waals surface area contributed by atoms with Crippen molar-refractivity contribution in [3.8, 4) is 0 Å². The predicted octanol–water partition coefficient (Wildman–Crippen LogP) is 2.78. The van der Waals surface area contributed by atoms with E-state index in [9.17, 15) is 21.4 Å². The molecule has 0 aliphatic rings. The van der Waals surface area contributed by atoms with Gasteiger partial charge in [0.15, 0.2) is 0 Å². The van der Waals surface area contributed by atoms with E-state index in [0.29, 0.717) is 11.8 Å². The van der Waals surface area contributed by atoms with Gasteiger partial charge in [0.2, 0.25) is 0 Å². The zero-order chi connectivity index (χ0) is 20.2. The Labute approximate surface area is 158 Å². The van der Waals surface area contributed by atoms with Crippen LogP contribution in [0.4, 0.5) is 11.4 Å². The first-order chi connectivity index (χ1) is 12.6. The molecule has 0 atom stereocenters. The summed E-state index contributed by atoms with van der Waals surface area (Å²) in [6.07, 6.45) is 1.20. The van der Waals surface area contributed by atoms with Gasteiger partial charge in [0.05, 0.1) is 10.6 Å². The van der Waals surface area contributed by atoms with Gasteiger partial charge in [-0.15, -0.1) is 0 Å². The normalized spacial score (nSPS) is 12.4. The largest absolute Gasteiger partial charge is 0.372 e. The maximum absolute atomic E-state index is 11.5. The highest BCUT2D eigenvalue weighted by Gasteiger charge is 2.19. The molecule has 0 bridgehead atoms. The second kappa shape index (κ2) is 8.17. The van der Waals surface area contributed by atoms with E-state index in [4.69, 9.17) is 4.55 Å². The van der Waals surface area contributed by atoms with Gasteiger partial charge in [-0.3, -0.25) is 14.1 Å². The average Bonchev–Trinajstić information content (AvgIpc) is 2.60. The van der Waals surface area contributed by atoms with Gasteiger partial charge in [0.25, 0.3) is 20.2 Å². The molecule has 0 aliphatic heterocycles. The van der Waals surface area contributed by atoms with Crippen LogP contribution in [0.1, 0.15) is 19.4 Å².